The molecule has 0 fully saturated rings. The molecule has 1 N–H and O–H groups in total. The van der Waals surface area contributed by atoms with Gasteiger partial charge in [-0.05, 0) is 68.0 Å². The van der Waals surface area contributed by atoms with Crippen molar-refractivity contribution in [2.24, 2.45) is 7.05 Å². The smallest absolute Gasteiger partial charge is 0.119 e. The Morgan fingerprint density at radius 1 is 1.36 bits per heavy atom. The number of ether oxygens (including phenoxy) is 1. The first-order valence-electron chi connectivity index (χ1n) is 8.04. The van der Waals surface area contributed by atoms with E-state index in [4.69, 9.17) is 4.74 Å². The van der Waals surface area contributed by atoms with Gasteiger partial charge in [0.1, 0.15) is 5.75 Å². The molecule has 1 heterocycles. The van der Waals surface area contributed by atoms with Crippen molar-refractivity contribution in [1.29, 1.82) is 0 Å². The highest BCUT2D eigenvalue weighted by molar-refractivity contribution is 5.37. The summed E-state index contributed by atoms with van der Waals surface area (Å²) in [7, 11) is 3.73. The third-order valence-corrected chi connectivity index (χ3v) is 4.81. The van der Waals surface area contributed by atoms with Gasteiger partial charge in [-0.2, -0.15) is 5.10 Å². The Balaban J connectivity index is 1.55. The Kier molecular flexibility index (Phi) is 4.48. The molecule has 0 saturated heterocycles. The van der Waals surface area contributed by atoms with Gasteiger partial charge < -0.3 is 10.1 Å². The first kappa shape index (κ1) is 15.1. The quantitative estimate of drug-likeness (QED) is 0.921. The first-order chi connectivity index (χ1) is 10.7. The van der Waals surface area contributed by atoms with E-state index in [1.165, 1.54) is 28.8 Å². The average Bonchev–Trinajstić information content (AvgIpc) is 2.86. The lowest BCUT2D eigenvalue weighted by atomic mass is 9.88. The van der Waals surface area contributed by atoms with Gasteiger partial charge in [-0.1, -0.05) is 6.07 Å². The summed E-state index contributed by atoms with van der Waals surface area (Å²) in [5.41, 5.74) is 5.51. The molecule has 1 atom stereocenters. The maximum absolute atomic E-state index is 5.34. The molecular weight excluding hydrogens is 274 g/mol. The van der Waals surface area contributed by atoms with Crippen LogP contribution < -0.4 is 10.1 Å². The van der Waals surface area contributed by atoms with Crippen LogP contribution in [0.3, 0.4) is 0 Å². The zero-order valence-electron chi connectivity index (χ0n) is 13.7. The van der Waals surface area contributed by atoms with Crippen LogP contribution in [0, 0.1) is 6.92 Å². The van der Waals surface area contributed by atoms with Gasteiger partial charge in [0.25, 0.3) is 0 Å². The largest absolute Gasteiger partial charge is 0.497 e. The Labute approximate surface area is 132 Å². The van der Waals surface area contributed by atoms with Gasteiger partial charge in [0, 0.05) is 18.8 Å². The Bertz CT molecular complexity index is 648. The Morgan fingerprint density at radius 3 is 2.95 bits per heavy atom. The van der Waals surface area contributed by atoms with Crippen molar-refractivity contribution >= 4 is 0 Å². The number of aromatic nitrogens is 2. The fraction of sp³-hybridized carbons (Fsp3) is 0.500. The normalized spacial score (nSPS) is 17.3. The zero-order valence-corrected chi connectivity index (χ0v) is 13.7. The third-order valence-electron chi connectivity index (χ3n) is 4.81. The van der Waals surface area contributed by atoms with Crippen LogP contribution in [-0.4, -0.2) is 29.5 Å². The number of hydrogen-bond donors (Lipinski definition) is 1. The highest BCUT2D eigenvalue weighted by atomic mass is 16.5. The number of rotatable bonds is 5. The number of fused-ring (bicyclic) bond motifs is 1. The van der Waals surface area contributed by atoms with Crippen LogP contribution in [0.15, 0.2) is 24.4 Å². The molecule has 4 heteroatoms. The monoisotopic (exact) mass is 299 g/mol. The van der Waals surface area contributed by atoms with E-state index in [1.807, 2.05) is 17.9 Å². The van der Waals surface area contributed by atoms with Crippen LogP contribution in [0.2, 0.25) is 0 Å². The van der Waals surface area contributed by atoms with Crippen molar-refractivity contribution in [2.45, 2.75) is 38.6 Å². The lowest BCUT2D eigenvalue weighted by molar-refractivity contribution is 0.411. The van der Waals surface area contributed by atoms with Crippen LogP contribution in [0.4, 0.5) is 0 Å². The number of hydrogen-bond acceptors (Lipinski definition) is 3. The number of methoxy groups -OCH3 is 1. The van der Waals surface area contributed by atoms with Crippen LogP contribution >= 0.6 is 0 Å². The highest BCUT2D eigenvalue weighted by Gasteiger charge is 2.18. The molecular formula is C18H25N3O. The summed E-state index contributed by atoms with van der Waals surface area (Å²) in [5, 5.41) is 8.01. The van der Waals surface area contributed by atoms with E-state index in [0.717, 1.165) is 31.6 Å². The lowest BCUT2D eigenvalue weighted by Gasteiger charge is -2.26. The van der Waals surface area contributed by atoms with Gasteiger partial charge in [0.15, 0.2) is 0 Å². The van der Waals surface area contributed by atoms with E-state index < -0.39 is 0 Å². The van der Waals surface area contributed by atoms with E-state index in [0.29, 0.717) is 6.04 Å². The molecule has 118 valence electrons. The molecule has 1 aromatic heterocycles. The van der Waals surface area contributed by atoms with Gasteiger partial charge >= 0.3 is 0 Å². The van der Waals surface area contributed by atoms with E-state index in [1.54, 1.807) is 7.11 Å². The van der Waals surface area contributed by atoms with Crippen LogP contribution in [-0.2, 0) is 26.3 Å². The second kappa shape index (κ2) is 6.53. The van der Waals surface area contributed by atoms with Gasteiger partial charge in [-0.15, -0.1) is 0 Å². The van der Waals surface area contributed by atoms with Crippen molar-refractivity contribution in [3.05, 3.63) is 46.8 Å². The molecule has 22 heavy (non-hydrogen) atoms. The molecule has 4 nitrogen and oxygen atoms in total. The fourth-order valence-corrected chi connectivity index (χ4v) is 3.24. The minimum Gasteiger partial charge on any atom is -0.497 e. The van der Waals surface area contributed by atoms with E-state index in [2.05, 4.69) is 35.5 Å². The molecule has 0 radical (unpaired) electrons. The number of aryl methyl sites for hydroxylation is 2. The van der Waals surface area contributed by atoms with Crippen molar-refractivity contribution < 1.29 is 4.74 Å². The van der Waals surface area contributed by atoms with E-state index >= 15 is 0 Å². The second-order valence-corrected chi connectivity index (χ2v) is 6.16. The minimum absolute atomic E-state index is 0.566. The maximum Gasteiger partial charge on any atom is 0.119 e. The second-order valence-electron chi connectivity index (χ2n) is 6.16. The molecule has 2 aromatic rings. The van der Waals surface area contributed by atoms with Crippen molar-refractivity contribution in [1.82, 2.24) is 15.1 Å². The van der Waals surface area contributed by atoms with Gasteiger partial charge in [0.2, 0.25) is 0 Å². The molecule has 0 bridgehead atoms. The topological polar surface area (TPSA) is 39.1 Å². The predicted octanol–water partition coefficient (Wildman–Crippen LogP) is 2.43. The molecule has 0 amide bonds. The van der Waals surface area contributed by atoms with Gasteiger partial charge in [-0.3, -0.25) is 4.68 Å². The SMILES string of the molecule is COc1ccc2c(c1)C[C@H](NCCc1cnn(C)c1C)CC2. The summed E-state index contributed by atoms with van der Waals surface area (Å²) in [5.74, 6) is 0.963. The molecule has 1 aliphatic rings. The molecule has 3 rings (SSSR count). The minimum atomic E-state index is 0.566. The predicted molar refractivity (Wildman–Crippen MR) is 88.5 cm³/mol. The third kappa shape index (κ3) is 3.17. The maximum atomic E-state index is 5.34. The number of nitrogens with zero attached hydrogens (tertiary/aromatic N) is 2. The summed E-state index contributed by atoms with van der Waals surface area (Å²) >= 11 is 0. The van der Waals surface area contributed by atoms with Crippen LogP contribution in [0.1, 0.15) is 28.8 Å². The standard InChI is InChI=1S/C18H25N3O/c1-13-15(12-20-21(13)2)8-9-19-17-6-4-14-5-7-18(22-3)11-16(14)10-17/h5,7,11-12,17,19H,4,6,8-10H2,1-3H3/t17-/m1/s1. The first-order valence-corrected chi connectivity index (χ1v) is 8.04. The number of benzene rings is 1. The fourth-order valence-electron chi connectivity index (χ4n) is 3.24. The molecule has 1 aliphatic carbocycles. The molecule has 0 unspecified atom stereocenters. The summed E-state index contributed by atoms with van der Waals surface area (Å²) in [6, 6.07) is 7.03. The Morgan fingerprint density at radius 2 is 2.23 bits per heavy atom. The number of nitrogens with one attached hydrogen (secondary N) is 1. The molecule has 0 spiro atoms. The van der Waals surface area contributed by atoms with E-state index in [-0.39, 0.29) is 0 Å². The molecule has 0 aliphatic heterocycles. The van der Waals surface area contributed by atoms with Gasteiger partial charge in [-0.25, -0.2) is 0 Å². The van der Waals surface area contributed by atoms with Crippen molar-refractivity contribution in [3.63, 3.8) is 0 Å². The molecule has 0 saturated carbocycles. The summed E-state index contributed by atoms with van der Waals surface area (Å²) in [6.07, 6.45) is 6.49. The lowest BCUT2D eigenvalue weighted by Crippen LogP contribution is -2.35. The summed E-state index contributed by atoms with van der Waals surface area (Å²) in [6.45, 7) is 3.14. The van der Waals surface area contributed by atoms with Crippen molar-refractivity contribution in [2.75, 3.05) is 13.7 Å². The van der Waals surface area contributed by atoms with Crippen LogP contribution in [0.5, 0.6) is 5.75 Å². The molecule has 1 aromatic carbocycles. The van der Waals surface area contributed by atoms with Crippen molar-refractivity contribution in [3.8, 4) is 5.75 Å². The van der Waals surface area contributed by atoms with E-state index in [9.17, 15) is 0 Å². The van der Waals surface area contributed by atoms with Gasteiger partial charge in [0.05, 0.1) is 13.3 Å². The Hall–Kier alpha value is -1.81. The highest BCUT2D eigenvalue weighted by Crippen LogP contribution is 2.25. The summed E-state index contributed by atoms with van der Waals surface area (Å²) in [4.78, 5) is 0. The zero-order chi connectivity index (χ0) is 15.5. The average molecular weight is 299 g/mol. The van der Waals surface area contributed by atoms with Crippen LogP contribution in [0.25, 0.3) is 0 Å². The summed E-state index contributed by atoms with van der Waals surface area (Å²) < 4.78 is 7.28.